The maximum absolute atomic E-state index is 11.8. The number of benzene rings is 1. The summed E-state index contributed by atoms with van der Waals surface area (Å²) < 4.78 is 5.32. The van der Waals surface area contributed by atoms with E-state index in [2.05, 4.69) is 5.32 Å². The van der Waals surface area contributed by atoms with Gasteiger partial charge in [0, 0.05) is 5.02 Å². The van der Waals surface area contributed by atoms with Crippen molar-refractivity contribution in [3.8, 4) is 5.75 Å². The van der Waals surface area contributed by atoms with Gasteiger partial charge in [0.15, 0.2) is 12.4 Å². The molecular weight excluding hydrogens is 371 g/mol. The molecule has 0 heterocycles. The fraction of sp³-hybridized carbons (Fsp3) is 0.385. The average Bonchev–Trinajstić information content (AvgIpc) is 2.41. The van der Waals surface area contributed by atoms with Crippen LogP contribution in [0.2, 0.25) is 15.1 Å². The first-order valence-electron chi connectivity index (χ1n) is 6.30. The Morgan fingerprint density at radius 2 is 1.91 bits per heavy atom. The van der Waals surface area contributed by atoms with E-state index in [1.165, 1.54) is 23.9 Å². The highest BCUT2D eigenvalue weighted by molar-refractivity contribution is 8.00. The summed E-state index contributed by atoms with van der Waals surface area (Å²) in [4.78, 5) is 22.6. The maximum atomic E-state index is 11.8. The summed E-state index contributed by atoms with van der Waals surface area (Å²) >= 11 is 19.0. The second-order valence-electron chi connectivity index (χ2n) is 4.23. The third kappa shape index (κ3) is 6.52. The molecule has 9 heteroatoms. The Balaban J connectivity index is 2.54. The lowest BCUT2D eigenvalue weighted by atomic mass is 10.3. The number of amides is 2. The molecule has 2 amide bonds. The Hall–Kier alpha value is -0.820. The van der Waals surface area contributed by atoms with Crippen molar-refractivity contribution >= 4 is 58.4 Å². The van der Waals surface area contributed by atoms with Gasteiger partial charge in [-0.15, -0.1) is 11.8 Å². The molecule has 3 N–H and O–H groups in total. The van der Waals surface area contributed by atoms with E-state index in [4.69, 9.17) is 45.3 Å². The van der Waals surface area contributed by atoms with Crippen LogP contribution in [0.15, 0.2) is 12.1 Å². The van der Waals surface area contributed by atoms with Crippen molar-refractivity contribution in [2.75, 3.05) is 12.4 Å². The molecule has 0 bridgehead atoms. The van der Waals surface area contributed by atoms with Gasteiger partial charge in [-0.1, -0.05) is 41.7 Å². The molecule has 0 spiro atoms. The second-order valence-corrected chi connectivity index (χ2v) is 6.67. The molecule has 0 aliphatic rings. The summed E-state index contributed by atoms with van der Waals surface area (Å²) in [5.74, 6) is -0.464. The van der Waals surface area contributed by atoms with Crippen molar-refractivity contribution in [3.63, 3.8) is 0 Å². The van der Waals surface area contributed by atoms with Crippen LogP contribution in [0, 0.1) is 0 Å². The van der Waals surface area contributed by atoms with Gasteiger partial charge in [-0.05, 0) is 18.6 Å². The van der Waals surface area contributed by atoms with Gasteiger partial charge < -0.3 is 15.8 Å². The molecule has 0 saturated carbocycles. The van der Waals surface area contributed by atoms with Crippen LogP contribution < -0.4 is 15.8 Å². The summed E-state index contributed by atoms with van der Waals surface area (Å²) in [7, 11) is 0. The Kier molecular flexibility index (Phi) is 8.17. The number of primary amides is 1. The molecule has 1 unspecified atom stereocenters. The first-order valence-corrected chi connectivity index (χ1v) is 8.48. The Labute approximate surface area is 147 Å². The molecule has 1 rings (SSSR count). The number of rotatable bonds is 8. The molecule has 1 aromatic carbocycles. The molecule has 122 valence electrons. The quantitative estimate of drug-likeness (QED) is 0.674. The fourth-order valence-electron chi connectivity index (χ4n) is 1.47. The second kappa shape index (κ2) is 9.35. The highest BCUT2D eigenvalue weighted by atomic mass is 35.5. The zero-order valence-electron chi connectivity index (χ0n) is 11.7. The van der Waals surface area contributed by atoms with Crippen molar-refractivity contribution < 1.29 is 14.3 Å². The monoisotopic (exact) mass is 384 g/mol. The lowest BCUT2D eigenvalue weighted by molar-refractivity contribution is -0.123. The van der Waals surface area contributed by atoms with E-state index in [0.717, 1.165) is 0 Å². The van der Waals surface area contributed by atoms with Crippen molar-refractivity contribution in [1.82, 2.24) is 5.32 Å². The molecule has 1 atom stereocenters. The number of hydrogen-bond acceptors (Lipinski definition) is 4. The minimum absolute atomic E-state index is 0.133. The van der Waals surface area contributed by atoms with E-state index in [0.29, 0.717) is 11.4 Å². The van der Waals surface area contributed by atoms with Gasteiger partial charge in [-0.25, -0.2) is 0 Å². The third-order valence-electron chi connectivity index (χ3n) is 2.43. The molecule has 1 aromatic rings. The topological polar surface area (TPSA) is 81.4 Å². The van der Waals surface area contributed by atoms with E-state index in [-0.39, 0.29) is 39.4 Å². The minimum Gasteiger partial charge on any atom is -0.481 e. The third-order valence-corrected chi connectivity index (χ3v) is 4.51. The number of thioether (sulfide) groups is 1. The van der Waals surface area contributed by atoms with E-state index in [9.17, 15) is 9.59 Å². The van der Waals surface area contributed by atoms with E-state index < -0.39 is 5.91 Å². The lowest BCUT2D eigenvalue weighted by Crippen LogP contribution is -2.36. The molecule has 0 fully saturated rings. The summed E-state index contributed by atoms with van der Waals surface area (Å²) in [6.07, 6.45) is 0.645. The maximum Gasteiger partial charge on any atom is 0.258 e. The van der Waals surface area contributed by atoms with E-state index >= 15 is 0 Å². The molecule has 0 aliphatic carbocycles. The van der Waals surface area contributed by atoms with Crippen LogP contribution in [0.1, 0.15) is 13.3 Å². The van der Waals surface area contributed by atoms with Crippen molar-refractivity contribution in [2.24, 2.45) is 5.73 Å². The van der Waals surface area contributed by atoms with Crippen LogP contribution in [0.25, 0.3) is 0 Å². The summed E-state index contributed by atoms with van der Waals surface area (Å²) in [6, 6.07) is 2.94. The minimum atomic E-state index is -0.436. The highest BCUT2D eigenvalue weighted by Crippen LogP contribution is 2.35. The number of carbonyl (C=O) groups excluding carboxylic acids is 2. The number of halogens is 3. The van der Waals surface area contributed by atoms with Gasteiger partial charge in [0.1, 0.15) is 0 Å². The van der Waals surface area contributed by atoms with Gasteiger partial charge in [-0.3, -0.25) is 9.59 Å². The first kappa shape index (κ1) is 19.2. The van der Waals surface area contributed by atoms with Gasteiger partial charge >= 0.3 is 0 Å². The van der Waals surface area contributed by atoms with Gasteiger partial charge in [0.2, 0.25) is 5.91 Å². The molecule has 22 heavy (non-hydrogen) atoms. The summed E-state index contributed by atoms with van der Waals surface area (Å²) in [5, 5.41) is 3.32. The predicted molar refractivity (Wildman–Crippen MR) is 90.8 cm³/mol. The molecular formula is C13H15Cl3N2O3S. The Morgan fingerprint density at radius 3 is 2.41 bits per heavy atom. The predicted octanol–water partition coefficient (Wildman–Crippen LogP) is 3.10. The average molecular weight is 386 g/mol. The highest BCUT2D eigenvalue weighted by Gasteiger charge is 2.15. The molecule has 5 nitrogen and oxygen atoms in total. The van der Waals surface area contributed by atoms with Crippen LogP contribution in [-0.2, 0) is 9.59 Å². The molecule has 0 radical (unpaired) electrons. The van der Waals surface area contributed by atoms with Crippen molar-refractivity contribution in [2.45, 2.75) is 18.7 Å². The van der Waals surface area contributed by atoms with Crippen LogP contribution in [-0.4, -0.2) is 29.5 Å². The zero-order valence-corrected chi connectivity index (χ0v) is 14.8. The van der Waals surface area contributed by atoms with Crippen LogP contribution in [0.3, 0.4) is 0 Å². The number of ether oxygens (including phenoxy) is 1. The van der Waals surface area contributed by atoms with Crippen molar-refractivity contribution in [1.29, 1.82) is 0 Å². The van der Waals surface area contributed by atoms with Gasteiger partial charge in [-0.2, -0.15) is 0 Å². The molecule has 0 saturated heterocycles. The van der Waals surface area contributed by atoms with Crippen LogP contribution in [0.5, 0.6) is 5.75 Å². The van der Waals surface area contributed by atoms with Crippen LogP contribution >= 0.6 is 46.6 Å². The van der Waals surface area contributed by atoms with Crippen molar-refractivity contribution in [3.05, 3.63) is 27.2 Å². The largest absolute Gasteiger partial charge is 0.481 e. The summed E-state index contributed by atoms with van der Waals surface area (Å²) in [5.41, 5.74) is 5.07. The molecule has 0 aromatic heterocycles. The standard InChI is InChI=1S/C13H15Cl3N2O3S/c1-2-12(22-6-10(17)19)18-11(20)5-21-13-8(15)3-7(14)4-9(13)16/h3-4,12H,2,5-6H2,1H3,(H2,17,19)(H,18,20). The normalized spacial score (nSPS) is 11.8. The number of nitrogens with one attached hydrogen (secondary N) is 1. The number of hydrogen-bond donors (Lipinski definition) is 2. The van der Waals surface area contributed by atoms with E-state index in [1.807, 2.05) is 6.92 Å². The van der Waals surface area contributed by atoms with Crippen LogP contribution in [0.4, 0.5) is 0 Å². The first-order chi connectivity index (χ1) is 10.3. The van der Waals surface area contributed by atoms with E-state index in [1.54, 1.807) is 0 Å². The smallest absolute Gasteiger partial charge is 0.258 e. The Morgan fingerprint density at radius 1 is 1.32 bits per heavy atom. The zero-order chi connectivity index (χ0) is 16.7. The molecule has 0 aliphatic heterocycles. The Bertz CT molecular complexity index is 534. The SMILES string of the molecule is CCC(NC(=O)COc1c(Cl)cc(Cl)cc1Cl)SCC(N)=O. The summed E-state index contributed by atoms with van der Waals surface area (Å²) in [6.45, 7) is 1.63. The fourth-order valence-corrected chi connectivity index (χ4v) is 3.21. The van der Waals surface area contributed by atoms with Gasteiger partial charge in [0.25, 0.3) is 5.91 Å². The number of nitrogens with two attached hydrogens (primary N) is 1. The van der Waals surface area contributed by atoms with Gasteiger partial charge in [0.05, 0.1) is 21.2 Å². The number of carbonyl (C=O) groups is 2. The lowest BCUT2D eigenvalue weighted by Gasteiger charge is -2.16.